The highest BCUT2D eigenvalue weighted by Crippen LogP contribution is 2.38. The molecule has 2 aromatic carbocycles. The molecule has 19 heavy (non-hydrogen) atoms. The van der Waals surface area contributed by atoms with Gasteiger partial charge in [-0.1, -0.05) is 53.5 Å². The predicted molar refractivity (Wildman–Crippen MR) is 81.9 cm³/mol. The number of hydrogen-bond acceptors (Lipinski definition) is 1. The lowest BCUT2D eigenvalue weighted by molar-refractivity contribution is 1.41. The molecule has 0 aliphatic carbocycles. The van der Waals surface area contributed by atoms with Gasteiger partial charge in [0.1, 0.15) is 0 Å². The van der Waals surface area contributed by atoms with E-state index in [0.29, 0.717) is 10.0 Å². The number of halogens is 2. The third-order valence-corrected chi connectivity index (χ3v) is 4.19. The summed E-state index contributed by atoms with van der Waals surface area (Å²) in [7, 11) is 0. The fraction of sp³-hybridized carbons (Fsp3) is 0.0625. The highest BCUT2D eigenvalue weighted by atomic mass is 35.5. The highest BCUT2D eigenvalue weighted by Gasteiger charge is 2.11. The Balaban J connectivity index is 2.34. The summed E-state index contributed by atoms with van der Waals surface area (Å²) in [4.78, 5) is 4.36. The summed E-state index contributed by atoms with van der Waals surface area (Å²) in [5, 5.41) is 2.28. The molecule has 94 valence electrons. The Morgan fingerprint density at radius 2 is 1.63 bits per heavy atom. The zero-order valence-electron chi connectivity index (χ0n) is 10.3. The van der Waals surface area contributed by atoms with Gasteiger partial charge in [-0.2, -0.15) is 0 Å². The van der Waals surface area contributed by atoms with E-state index in [-0.39, 0.29) is 0 Å². The number of pyridine rings is 1. The van der Waals surface area contributed by atoms with E-state index in [2.05, 4.69) is 4.98 Å². The van der Waals surface area contributed by atoms with Crippen LogP contribution in [0.1, 0.15) is 5.56 Å². The molecule has 0 aliphatic heterocycles. The lowest BCUT2D eigenvalue weighted by Gasteiger charge is -2.10. The van der Waals surface area contributed by atoms with Gasteiger partial charge in [-0.05, 0) is 30.2 Å². The first-order valence-corrected chi connectivity index (χ1v) is 6.73. The molecule has 0 amide bonds. The van der Waals surface area contributed by atoms with Gasteiger partial charge in [-0.25, -0.2) is 0 Å². The number of aryl methyl sites for hydroxylation is 1. The number of para-hydroxylation sites is 1. The van der Waals surface area contributed by atoms with Crippen molar-refractivity contribution in [1.29, 1.82) is 0 Å². The van der Waals surface area contributed by atoms with Crippen LogP contribution < -0.4 is 0 Å². The van der Waals surface area contributed by atoms with Gasteiger partial charge in [0.15, 0.2) is 0 Å². The van der Waals surface area contributed by atoms with E-state index in [9.17, 15) is 0 Å². The van der Waals surface area contributed by atoms with Crippen molar-refractivity contribution in [3.05, 3.63) is 64.3 Å². The van der Waals surface area contributed by atoms with E-state index in [1.807, 2.05) is 49.4 Å². The molecule has 0 atom stereocenters. The topological polar surface area (TPSA) is 12.9 Å². The van der Waals surface area contributed by atoms with Gasteiger partial charge in [0, 0.05) is 17.1 Å². The normalized spacial score (nSPS) is 10.9. The largest absolute Gasteiger partial charge is 0.256 e. The fourth-order valence-corrected chi connectivity index (χ4v) is 2.66. The SMILES string of the molecule is Cc1ccc(-c2ccnc3ccccc23)c(Cl)c1Cl. The quantitative estimate of drug-likeness (QED) is 0.574. The second kappa shape index (κ2) is 4.84. The van der Waals surface area contributed by atoms with Crippen LogP contribution in [0.3, 0.4) is 0 Å². The maximum absolute atomic E-state index is 6.38. The van der Waals surface area contributed by atoms with Crippen LogP contribution in [-0.4, -0.2) is 4.98 Å². The van der Waals surface area contributed by atoms with E-state index < -0.39 is 0 Å². The van der Waals surface area contributed by atoms with Gasteiger partial charge in [-0.15, -0.1) is 0 Å². The molecule has 1 heterocycles. The second-order valence-corrected chi connectivity index (χ2v) is 5.19. The van der Waals surface area contributed by atoms with Crippen molar-refractivity contribution in [3.8, 4) is 11.1 Å². The molecular formula is C16H11Cl2N. The first-order valence-electron chi connectivity index (χ1n) is 5.97. The summed E-state index contributed by atoms with van der Waals surface area (Å²) >= 11 is 12.6. The van der Waals surface area contributed by atoms with Crippen LogP contribution in [-0.2, 0) is 0 Å². The Morgan fingerprint density at radius 1 is 0.842 bits per heavy atom. The van der Waals surface area contributed by atoms with Gasteiger partial charge in [0.2, 0.25) is 0 Å². The van der Waals surface area contributed by atoms with Gasteiger partial charge in [0.05, 0.1) is 15.6 Å². The molecule has 0 saturated heterocycles. The molecule has 0 spiro atoms. The van der Waals surface area contributed by atoms with Crippen LogP contribution in [0.25, 0.3) is 22.0 Å². The first kappa shape index (κ1) is 12.5. The number of nitrogens with zero attached hydrogens (tertiary/aromatic N) is 1. The van der Waals surface area contributed by atoms with Gasteiger partial charge < -0.3 is 0 Å². The third-order valence-electron chi connectivity index (χ3n) is 3.21. The van der Waals surface area contributed by atoms with Crippen LogP contribution in [0, 0.1) is 6.92 Å². The Labute approximate surface area is 121 Å². The minimum atomic E-state index is 0.595. The Morgan fingerprint density at radius 3 is 2.47 bits per heavy atom. The van der Waals surface area contributed by atoms with Crippen LogP contribution in [0.4, 0.5) is 0 Å². The summed E-state index contributed by atoms with van der Waals surface area (Å²) in [6.07, 6.45) is 1.79. The Bertz CT molecular complexity index is 761. The second-order valence-electron chi connectivity index (χ2n) is 4.43. The van der Waals surface area contributed by atoms with E-state index in [4.69, 9.17) is 23.2 Å². The summed E-state index contributed by atoms with van der Waals surface area (Å²) in [5.41, 5.74) is 3.93. The van der Waals surface area contributed by atoms with Crippen LogP contribution >= 0.6 is 23.2 Å². The van der Waals surface area contributed by atoms with E-state index in [0.717, 1.165) is 27.6 Å². The number of aromatic nitrogens is 1. The fourth-order valence-electron chi connectivity index (χ4n) is 2.18. The summed E-state index contributed by atoms with van der Waals surface area (Å²) in [5.74, 6) is 0. The Kier molecular flexibility index (Phi) is 3.17. The van der Waals surface area contributed by atoms with Crippen LogP contribution in [0.5, 0.6) is 0 Å². The molecule has 0 fully saturated rings. The third kappa shape index (κ3) is 2.09. The standard InChI is InChI=1S/C16H11Cl2N/c1-10-6-7-13(16(18)15(10)17)11-8-9-19-14-5-3-2-4-12(11)14/h2-9H,1H3. The average Bonchev–Trinajstić information content (AvgIpc) is 2.45. The minimum Gasteiger partial charge on any atom is -0.256 e. The lowest BCUT2D eigenvalue weighted by Crippen LogP contribution is -1.87. The van der Waals surface area contributed by atoms with Crippen molar-refractivity contribution in [2.24, 2.45) is 0 Å². The molecule has 0 radical (unpaired) electrons. The molecule has 3 rings (SSSR count). The molecule has 0 saturated carbocycles. The van der Waals surface area contributed by atoms with Crippen molar-refractivity contribution < 1.29 is 0 Å². The van der Waals surface area contributed by atoms with Gasteiger partial charge in [-0.3, -0.25) is 4.98 Å². The molecule has 0 bridgehead atoms. The van der Waals surface area contributed by atoms with E-state index in [1.54, 1.807) is 6.20 Å². The lowest BCUT2D eigenvalue weighted by atomic mass is 10.0. The van der Waals surface area contributed by atoms with Crippen molar-refractivity contribution in [1.82, 2.24) is 4.98 Å². The van der Waals surface area contributed by atoms with Crippen molar-refractivity contribution >= 4 is 34.1 Å². The van der Waals surface area contributed by atoms with Gasteiger partial charge in [0.25, 0.3) is 0 Å². The zero-order valence-corrected chi connectivity index (χ0v) is 11.8. The maximum atomic E-state index is 6.38. The first-order chi connectivity index (χ1) is 9.18. The molecule has 0 N–H and O–H groups in total. The molecule has 0 aliphatic rings. The molecule has 3 heteroatoms. The van der Waals surface area contributed by atoms with Crippen molar-refractivity contribution in [3.63, 3.8) is 0 Å². The molecule has 0 unspecified atom stereocenters. The zero-order chi connectivity index (χ0) is 13.4. The number of hydrogen-bond donors (Lipinski definition) is 0. The van der Waals surface area contributed by atoms with E-state index >= 15 is 0 Å². The smallest absolute Gasteiger partial charge is 0.0708 e. The van der Waals surface area contributed by atoms with Crippen LogP contribution in [0.2, 0.25) is 10.0 Å². The van der Waals surface area contributed by atoms with Gasteiger partial charge >= 0.3 is 0 Å². The average molecular weight is 288 g/mol. The molecule has 1 nitrogen and oxygen atoms in total. The Hall–Kier alpha value is -1.57. The van der Waals surface area contributed by atoms with Crippen molar-refractivity contribution in [2.45, 2.75) is 6.92 Å². The minimum absolute atomic E-state index is 0.595. The predicted octanol–water partition coefficient (Wildman–Crippen LogP) is 5.52. The number of benzene rings is 2. The molecule has 1 aromatic heterocycles. The van der Waals surface area contributed by atoms with E-state index in [1.165, 1.54) is 0 Å². The summed E-state index contributed by atoms with van der Waals surface area (Å²) < 4.78 is 0. The summed E-state index contributed by atoms with van der Waals surface area (Å²) in [6.45, 7) is 1.95. The molecule has 3 aromatic rings. The van der Waals surface area contributed by atoms with Crippen molar-refractivity contribution in [2.75, 3.05) is 0 Å². The van der Waals surface area contributed by atoms with Crippen LogP contribution in [0.15, 0.2) is 48.7 Å². The monoisotopic (exact) mass is 287 g/mol. The number of rotatable bonds is 1. The maximum Gasteiger partial charge on any atom is 0.0708 e. The highest BCUT2D eigenvalue weighted by molar-refractivity contribution is 6.44. The molecular weight excluding hydrogens is 277 g/mol. The summed E-state index contributed by atoms with van der Waals surface area (Å²) in [6, 6.07) is 14.0. The number of fused-ring (bicyclic) bond motifs is 1.